The second-order valence-corrected chi connectivity index (χ2v) is 28.3. The number of hydrogen-bond acceptors (Lipinski definition) is 14. The van der Waals surface area contributed by atoms with Crippen LogP contribution in [0.25, 0.3) is 0 Å². The van der Waals surface area contributed by atoms with E-state index in [-0.39, 0.29) is 19.3 Å². The second kappa shape index (κ2) is 74.9. The Bertz CT molecular complexity index is 2470. The van der Waals surface area contributed by atoms with Crippen LogP contribution in [0.1, 0.15) is 290 Å². The number of rotatable bonds is 72. The third kappa shape index (κ3) is 76.1. The quantitative estimate of drug-likeness (QED) is 0.0146. The Morgan fingerprint density at radius 2 is 0.525 bits per heavy atom. The summed E-state index contributed by atoms with van der Waals surface area (Å²) >= 11 is 0. The van der Waals surface area contributed by atoms with Gasteiger partial charge in [-0.3, -0.25) is 32.5 Å². The number of unbranched alkanes of at least 4 members (excludes halogenated alkanes) is 23. The Morgan fingerprint density at radius 3 is 0.832 bits per heavy atom. The standard InChI is InChI=1S/C83H138O16P2/c1-4-7-10-13-16-19-22-25-28-31-34-35-36-37-38-39-40-41-44-46-48-51-54-57-60-63-66-69-81(86)93-72-78(84)73-95-100(89,90)96-74-79(85)75-97-101(91,92)98-77-80(99-83(88)71-68-65-62-59-56-53-50-47-43-33-30-27-24-21-18-15-12-9-6-3)76-94-82(87)70-67-64-61-58-55-52-49-45-42-32-29-26-23-20-17-14-11-8-5-2/h7-8,10-11,16-21,25-30,34-35,37-38,40-43,45,47,78-80,84-85H,4-6,9,12-15,22-24,31-33,36,39,44,46,48-77H2,1-3H3,(H,89,90)(H,91,92)/b10-7-,11-8-,19-16-,20-17-,21-18-,28-25-,29-26-,30-27-,35-34-,38-37-,41-40-,45-42-,47-43-. The van der Waals surface area contributed by atoms with Crippen molar-refractivity contribution >= 4 is 33.6 Å². The van der Waals surface area contributed by atoms with Gasteiger partial charge in [-0.1, -0.05) is 281 Å². The number of esters is 3. The van der Waals surface area contributed by atoms with Crippen LogP contribution >= 0.6 is 15.6 Å². The molecule has 101 heavy (non-hydrogen) atoms. The largest absolute Gasteiger partial charge is 0.472 e. The summed E-state index contributed by atoms with van der Waals surface area (Å²) in [7, 11) is -9.81. The minimum atomic E-state index is -4.94. The SMILES string of the molecule is CC/C=C\C/C=C\C/C=C\C/C=C\C/C=C\C/C=C\CCCCCCCCCCC(=O)OCC(O)COP(=O)(O)OCC(O)COP(=O)(O)OCC(COC(=O)CCCCCCCC/C=C\C/C=C\C/C=C\C/C=C\CC)OC(=O)CCCCCCCC/C=C\C/C=C\C/C=C\CCCCC. The van der Waals surface area contributed by atoms with Crippen molar-refractivity contribution in [3.63, 3.8) is 0 Å². The zero-order valence-corrected chi connectivity index (χ0v) is 64.6. The first-order valence-corrected chi connectivity index (χ1v) is 41.8. The first kappa shape index (κ1) is 96.2. The molecule has 0 fully saturated rings. The predicted octanol–water partition coefficient (Wildman–Crippen LogP) is 22.6. The Morgan fingerprint density at radius 1 is 0.287 bits per heavy atom. The average molecular weight is 1450 g/mol. The zero-order chi connectivity index (χ0) is 73.7. The molecule has 0 aliphatic carbocycles. The van der Waals surface area contributed by atoms with Crippen molar-refractivity contribution in [2.45, 2.75) is 309 Å². The molecule has 0 aromatic heterocycles. The maximum atomic E-state index is 13.0. The molecular weight excluding hydrogens is 1310 g/mol. The molecule has 18 heteroatoms. The molecule has 0 bridgehead atoms. The van der Waals surface area contributed by atoms with E-state index < -0.39 is 91.5 Å². The van der Waals surface area contributed by atoms with Crippen LogP contribution in [0.15, 0.2) is 158 Å². The van der Waals surface area contributed by atoms with E-state index in [0.29, 0.717) is 19.3 Å². The molecule has 0 amide bonds. The number of aliphatic hydroxyl groups excluding tert-OH is 2. The summed E-state index contributed by atoms with van der Waals surface area (Å²) in [5.41, 5.74) is 0. The van der Waals surface area contributed by atoms with Crippen molar-refractivity contribution in [2.24, 2.45) is 0 Å². The summed E-state index contributed by atoms with van der Waals surface area (Å²) in [5, 5.41) is 20.6. The summed E-state index contributed by atoms with van der Waals surface area (Å²) < 4.78 is 61.1. The van der Waals surface area contributed by atoms with E-state index in [9.17, 15) is 43.5 Å². The normalized spacial score (nSPS) is 14.9. The summed E-state index contributed by atoms with van der Waals surface area (Å²) in [6.07, 6.45) is 92.7. The van der Waals surface area contributed by atoms with Gasteiger partial charge in [0.15, 0.2) is 6.10 Å². The summed E-state index contributed by atoms with van der Waals surface area (Å²) in [4.78, 5) is 58.7. The summed E-state index contributed by atoms with van der Waals surface area (Å²) in [5.74, 6) is -1.62. The monoisotopic (exact) mass is 1450 g/mol. The van der Waals surface area contributed by atoms with Crippen LogP contribution in [0.5, 0.6) is 0 Å². The van der Waals surface area contributed by atoms with Crippen molar-refractivity contribution in [2.75, 3.05) is 39.6 Å². The van der Waals surface area contributed by atoms with E-state index >= 15 is 0 Å². The van der Waals surface area contributed by atoms with Crippen molar-refractivity contribution in [1.29, 1.82) is 0 Å². The molecule has 0 aliphatic rings. The lowest BCUT2D eigenvalue weighted by atomic mass is 10.1. The minimum absolute atomic E-state index is 0.0818. The van der Waals surface area contributed by atoms with Crippen LogP contribution in [0, 0.1) is 0 Å². The highest BCUT2D eigenvalue weighted by atomic mass is 31.2. The van der Waals surface area contributed by atoms with Gasteiger partial charge in [-0.25, -0.2) is 9.13 Å². The van der Waals surface area contributed by atoms with Crippen LogP contribution in [-0.2, 0) is 55.8 Å². The van der Waals surface area contributed by atoms with Gasteiger partial charge in [0.05, 0.1) is 26.4 Å². The third-order valence-corrected chi connectivity index (χ3v) is 17.6. The van der Waals surface area contributed by atoms with Crippen LogP contribution < -0.4 is 0 Å². The number of allylic oxidation sites excluding steroid dienone is 26. The van der Waals surface area contributed by atoms with E-state index in [2.05, 4.69) is 179 Å². The van der Waals surface area contributed by atoms with Crippen LogP contribution in [0.3, 0.4) is 0 Å². The van der Waals surface area contributed by atoms with E-state index in [4.69, 9.17) is 32.3 Å². The Hall–Kier alpha value is -4.83. The third-order valence-electron chi connectivity index (χ3n) is 15.7. The maximum Gasteiger partial charge on any atom is 0.472 e. The first-order valence-electron chi connectivity index (χ1n) is 38.8. The molecule has 4 N–H and O–H groups in total. The Labute approximate surface area is 612 Å². The van der Waals surface area contributed by atoms with Gasteiger partial charge in [-0.05, 0) is 148 Å². The van der Waals surface area contributed by atoms with E-state index in [1.165, 1.54) is 38.5 Å². The van der Waals surface area contributed by atoms with Gasteiger partial charge in [0.2, 0.25) is 0 Å². The lowest BCUT2D eigenvalue weighted by molar-refractivity contribution is -0.161. The summed E-state index contributed by atoms with van der Waals surface area (Å²) in [6.45, 7) is 2.38. The fourth-order valence-corrected chi connectivity index (χ4v) is 11.5. The van der Waals surface area contributed by atoms with Gasteiger partial charge in [0.1, 0.15) is 25.4 Å². The molecule has 0 saturated heterocycles. The van der Waals surface area contributed by atoms with Gasteiger partial charge < -0.3 is 34.2 Å². The summed E-state index contributed by atoms with van der Waals surface area (Å²) in [6, 6.07) is 0. The smallest absolute Gasteiger partial charge is 0.463 e. The van der Waals surface area contributed by atoms with Crippen molar-refractivity contribution < 1.29 is 75.8 Å². The molecule has 576 valence electrons. The molecule has 0 aromatic carbocycles. The van der Waals surface area contributed by atoms with Gasteiger partial charge in [-0.15, -0.1) is 0 Å². The average Bonchev–Trinajstić information content (AvgIpc) is 3.19. The van der Waals surface area contributed by atoms with Gasteiger partial charge >= 0.3 is 33.6 Å². The maximum absolute atomic E-state index is 13.0. The predicted molar refractivity (Wildman–Crippen MR) is 417 cm³/mol. The lowest BCUT2D eigenvalue weighted by Crippen LogP contribution is -2.30. The van der Waals surface area contributed by atoms with Crippen molar-refractivity contribution in [3.05, 3.63) is 158 Å². The van der Waals surface area contributed by atoms with E-state index in [1.807, 2.05) is 0 Å². The highest BCUT2D eigenvalue weighted by molar-refractivity contribution is 7.47. The number of phosphoric acid groups is 2. The lowest BCUT2D eigenvalue weighted by Gasteiger charge is -2.21. The number of phosphoric ester groups is 2. The van der Waals surface area contributed by atoms with Gasteiger partial charge in [0.25, 0.3) is 0 Å². The number of hydrogen-bond donors (Lipinski definition) is 4. The molecule has 0 aromatic rings. The Balaban J connectivity index is 4.66. The molecule has 0 rings (SSSR count). The second-order valence-electron chi connectivity index (χ2n) is 25.4. The fourth-order valence-electron chi connectivity index (χ4n) is 9.87. The van der Waals surface area contributed by atoms with Crippen LogP contribution in [0.2, 0.25) is 0 Å². The van der Waals surface area contributed by atoms with Crippen molar-refractivity contribution in [1.82, 2.24) is 0 Å². The molecule has 0 spiro atoms. The topological polar surface area (TPSA) is 231 Å². The molecule has 5 atom stereocenters. The minimum Gasteiger partial charge on any atom is -0.463 e. The fraction of sp³-hybridized carbons (Fsp3) is 0.651. The van der Waals surface area contributed by atoms with Gasteiger partial charge in [-0.2, -0.15) is 0 Å². The van der Waals surface area contributed by atoms with Gasteiger partial charge in [0, 0.05) is 19.3 Å². The van der Waals surface area contributed by atoms with E-state index in [0.717, 1.165) is 193 Å². The van der Waals surface area contributed by atoms with Crippen LogP contribution in [0.4, 0.5) is 0 Å². The molecular formula is C83H138O16P2. The highest BCUT2D eigenvalue weighted by Crippen LogP contribution is 2.45. The number of carbonyl (C=O) groups excluding carboxylic acids is 3. The molecule has 0 heterocycles. The molecule has 5 unspecified atom stereocenters. The number of ether oxygens (including phenoxy) is 3. The van der Waals surface area contributed by atoms with E-state index in [1.54, 1.807) is 0 Å². The number of aliphatic hydroxyl groups is 2. The first-order chi connectivity index (χ1) is 49.2. The molecule has 0 saturated carbocycles. The van der Waals surface area contributed by atoms with Crippen LogP contribution in [-0.4, -0.2) is 95.9 Å². The molecule has 16 nitrogen and oxygen atoms in total. The van der Waals surface area contributed by atoms with Crippen molar-refractivity contribution in [3.8, 4) is 0 Å². The Kier molecular flexibility index (Phi) is 71.3. The zero-order valence-electron chi connectivity index (χ0n) is 62.8. The highest BCUT2D eigenvalue weighted by Gasteiger charge is 2.29. The molecule has 0 radical (unpaired) electrons. The molecule has 0 aliphatic heterocycles. The number of carbonyl (C=O) groups is 3.